The molecule has 6 heteroatoms. The molecule has 1 saturated carbocycles. The van der Waals surface area contributed by atoms with Crippen LogP contribution >= 0.6 is 0 Å². The van der Waals surface area contributed by atoms with Crippen LogP contribution in [0.15, 0.2) is 12.3 Å². The Hall–Kier alpha value is -1.69. The van der Waals surface area contributed by atoms with E-state index in [1.54, 1.807) is 13.2 Å². The first-order chi connectivity index (χ1) is 8.22. The van der Waals surface area contributed by atoms with Crippen molar-refractivity contribution in [1.29, 1.82) is 0 Å². The second-order valence-electron chi connectivity index (χ2n) is 3.96. The number of hydrogen-bond acceptors (Lipinski definition) is 5. The van der Waals surface area contributed by atoms with Crippen LogP contribution < -0.4 is 4.74 Å². The lowest BCUT2D eigenvalue weighted by Crippen LogP contribution is -2.07. The molecule has 1 aliphatic rings. The van der Waals surface area contributed by atoms with Gasteiger partial charge in [0.2, 0.25) is 5.88 Å². The molecule has 0 aliphatic heterocycles. The third-order valence-corrected chi connectivity index (χ3v) is 2.62. The second-order valence-corrected chi connectivity index (χ2v) is 3.96. The molecule has 6 nitrogen and oxygen atoms in total. The number of rotatable bonds is 6. The SMILES string of the molecule is COCCOc1ncc([N+](=O)[O-])cc1C1CC1. The van der Waals surface area contributed by atoms with E-state index in [0.29, 0.717) is 25.0 Å². The Morgan fingerprint density at radius 3 is 2.88 bits per heavy atom. The van der Waals surface area contributed by atoms with Crippen molar-refractivity contribution in [2.24, 2.45) is 0 Å². The predicted molar refractivity (Wildman–Crippen MR) is 60.2 cm³/mol. The maximum Gasteiger partial charge on any atom is 0.288 e. The lowest BCUT2D eigenvalue weighted by molar-refractivity contribution is -0.385. The van der Waals surface area contributed by atoms with Crippen LogP contribution in [0.1, 0.15) is 24.3 Å². The minimum atomic E-state index is -0.433. The van der Waals surface area contributed by atoms with E-state index in [-0.39, 0.29) is 5.69 Å². The predicted octanol–water partition coefficient (Wildman–Crippen LogP) is 1.89. The number of ether oxygens (including phenoxy) is 2. The lowest BCUT2D eigenvalue weighted by atomic mass is 10.1. The summed E-state index contributed by atoms with van der Waals surface area (Å²) >= 11 is 0. The summed E-state index contributed by atoms with van der Waals surface area (Å²) in [7, 11) is 1.59. The molecule has 1 aromatic rings. The monoisotopic (exact) mass is 238 g/mol. The van der Waals surface area contributed by atoms with Crippen LogP contribution in [0.2, 0.25) is 0 Å². The third-order valence-electron chi connectivity index (χ3n) is 2.62. The molecule has 0 aromatic carbocycles. The van der Waals surface area contributed by atoms with Gasteiger partial charge in [-0.3, -0.25) is 10.1 Å². The molecular formula is C11H14N2O4. The first-order valence-corrected chi connectivity index (χ1v) is 5.48. The van der Waals surface area contributed by atoms with Crippen LogP contribution in [0.25, 0.3) is 0 Å². The summed E-state index contributed by atoms with van der Waals surface area (Å²) in [6, 6.07) is 1.56. The van der Waals surface area contributed by atoms with Crippen molar-refractivity contribution in [2.75, 3.05) is 20.3 Å². The fourth-order valence-corrected chi connectivity index (χ4v) is 1.59. The zero-order valence-electron chi connectivity index (χ0n) is 9.59. The largest absolute Gasteiger partial charge is 0.475 e. The van der Waals surface area contributed by atoms with E-state index >= 15 is 0 Å². The molecule has 0 unspecified atom stereocenters. The van der Waals surface area contributed by atoms with Crippen LogP contribution in [0.3, 0.4) is 0 Å². The Kier molecular flexibility index (Phi) is 3.53. The molecule has 0 atom stereocenters. The Morgan fingerprint density at radius 1 is 1.53 bits per heavy atom. The smallest absolute Gasteiger partial charge is 0.288 e. The van der Waals surface area contributed by atoms with Gasteiger partial charge in [0.05, 0.1) is 11.5 Å². The molecule has 1 fully saturated rings. The van der Waals surface area contributed by atoms with Gasteiger partial charge in [-0.1, -0.05) is 0 Å². The van der Waals surface area contributed by atoms with Gasteiger partial charge < -0.3 is 9.47 Å². The highest BCUT2D eigenvalue weighted by Crippen LogP contribution is 2.44. The van der Waals surface area contributed by atoms with Crippen molar-refractivity contribution in [2.45, 2.75) is 18.8 Å². The van der Waals surface area contributed by atoms with E-state index in [0.717, 1.165) is 18.4 Å². The fourth-order valence-electron chi connectivity index (χ4n) is 1.59. The van der Waals surface area contributed by atoms with Crippen molar-refractivity contribution in [1.82, 2.24) is 4.98 Å². The normalized spacial score (nSPS) is 14.6. The van der Waals surface area contributed by atoms with Crippen molar-refractivity contribution >= 4 is 5.69 Å². The van der Waals surface area contributed by atoms with Gasteiger partial charge in [0.15, 0.2) is 0 Å². The Bertz CT molecular complexity index is 418. The Morgan fingerprint density at radius 2 is 2.29 bits per heavy atom. The van der Waals surface area contributed by atoms with Crippen LogP contribution in [-0.2, 0) is 4.74 Å². The summed E-state index contributed by atoms with van der Waals surface area (Å²) < 4.78 is 10.3. The Balaban J connectivity index is 2.16. The molecule has 92 valence electrons. The van der Waals surface area contributed by atoms with E-state index in [9.17, 15) is 10.1 Å². The van der Waals surface area contributed by atoms with Gasteiger partial charge in [-0.25, -0.2) is 4.98 Å². The van der Waals surface area contributed by atoms with Gasteiger partial charge >= 0.3 is 0 Å². The first kappa shape index (κ1) is 11.8. The average Bonchev–Trinajstić information content (AvgIpc) is 3.13. The molecule has 0 saturated heterocycles. The molecule has 0 N–H and O–H groups in total. The maximum absolute atomic E-state index is 10.7. The van der Waals surface area contributed by atoms with Gasteiger partial charge in [0, 0.05) is 18.7 Å². The van der Waals surface area contributed by atoms with Gasteiger partial charge in [-0.05, 0) is 18.8 Å². The number of hydrogen-bond donors (Lipinski definition) is 0. The quantitative estimate of drug-likeness (QED) is 0.430. The van der Waals surface area contributed by atoms with Crippen LogP contribution in [-0.4, -0.2) is 30.2 Å². The first-order valence-electron chi connectivity index (χ1n) is 5.48. The van der Waals surface area contributed by atoms with Crippen molar-refractivity contribution in [3.8, 4) is 5.88 Å². The highest BCUT2D eigenvalue weighted by Gasteiger charge is 2.29. The van der Waals surface area contributed by atoms with Gasteiger partial charge in [-0.15, -0.1) is 0 Å². The Labute approximate surface area is 98.7 Å². The molecule has 1 aliphatic carbocycles. The molecule has 2 rings (SSSR count). The zero-order valence-corrected chi connectivity index (χ0v) is 9.59. The van der Waals surface area contributed by atoms with Crippen LogP contribution in [0.5, 0.6) is 5.88 Å². The van der Waals surface area contributed by atoms with E-state index < -0.39 is 4.92 Å². The summed E-state index contributed by atoms with van der Waals surface area (Å²) in [6.45, 7) is 0.879. The fraction of sp³-hybridized carbons (Fsp3) is 0.545. The number of aromatic nitrogens is 1. The number of pyridine rings is 1. The maximum atomic E-state index is 10.7. The molecule has 0 spiro atoms. The van der Waals surface area contributed by atoms with E-state index in [4.69, 9.17) is 9.47 Å². The number of nitrogens with zero attached hydrogens (tertiary/aromatic N) is 2. The summed E-state index contributed by atoms with van der Waals surface area (Å²) in [5, 5.41) is 10.7. The number of methoxy groups -OCH3 is 1. The van der Waals surface area contributed by atoms with E-state index in [1.807, 2.05) is 0 Å². The standard InChI is InChI=1S/C11H14N2O4/c1-16-4-5-17-11-10(8-2-3-8)6-9(7-12-11)13(14)15/h6-8H,2-5H2,1H3. The summed E-state index contributed by atoms with van der Waals surface area (Å²) in [4.78, 5) is 14.3. The second kappa shape index (κ2) is 5.09. The molecule has 0 amide bonds. The highest BCUT2D eigenvalue weighted by molar-refractivity contribution is 5.41. The molecular weight excluding hydrogens is 224 g/mol. The summed E-state index contributed by atoms with van der Waals surface area (Å²) in [6.07, 6.45) is 3.32. The number of nitro groups is 1. The third kappa shape index (κ3) is 2.91. The minimum Gasteiger partial charge on any atom is -0.475 e. The van der Waals surface area contributed by atoms with Crippen LogP contribution in [0, 0.1) is 10.1 Å². The van der Waals surface area contributed by atoms with Gasteiger partial charge in [0.1, 0.15) is 12.8 Å². The van der Waals surface area contributed by atoms with Gasteiger partial charge in [-0.2, -0.15) is 0 Å². The van der Waals surface area contributed by atoms with E-state index in [2.05, 4.69) is 4.98 Å². The lowest BCUT2D eigenvalue weighted by Gasteiger charge is -2.08. The molecule has 1 heterocycles. The molecule has 0 bridgehead atoms. The van der Waals surface area contributed by atoms with Gasteiger partial charge in [0.25, 0.3) is 5.69 Å². The highest BCUT2D eigenvalue weighted by atomic mass is 16.6. The summed E-state index contributed by atoms with van der Waals surface area (Å²) in [5.74, 6) is 0.857. The molecule has 17 heavy (non-hydrogen) atoms. The van der Waals surface area contributed by atoms with Crippen molar-refractivity contribution in [3.05, 3.63) is 27.9 Å². The van der Waals surface area contributed by atoms with Crippen molar-refractivity contribution in [3.63, 3.8) is 0 Å². The van der Waals surface area contributed by atoms with Crippen LogP contribution in [0.4, 0.5) is 5.69 Å². The molecule has 0 radical (unpaired) electrons. The molecule has 1 aromatic heterocycles. The van der Waals surface area contributed by atoms with Crippen molar-refractivity contribution < 1.29 is 14.4 Å². The average molecular weight is 238 g/mol. The topological polar surface area (TPSA) is 74.5 Å². The zero-order chi connectivity index (χ0) is 12.3. The summed E-state index contributed by atoms with van der Waals surface area (Å²) in [5.41, 5.74) is 0.862. The minimum absolute atomic E-state index is 0.0194. The van der Waals surface area contributed by atoms with E-state index in [1.165, 1.54) is 6.20 Å².